The lowest BCUT2D eigenvalue weighted by Gasteiger charge is -2.05. The van der Waals surface area contributed by atoms with Crippen LogP contribution >= 0.6 is 0 Å². The van der Waals surface area contributed by atoms with Crippen LogP contribution in [0.2, 0.25) is 0 Å². The Labute approximate surface area is 97.6 Å². The molecular formula is C14H18N2. The first-order valence-corrected chi connectivity index (χ1v) is 5.51. The van der Waals surface area contributed by atoms with Crippen LogP contribution in [0.15, 0.2) is 18.2 Å². The summed E-state index contributed by atoms with van der Waals surface area (Å²) in [6.07, 6.45) is 5.33. The molecule has 0 spiro atoms. The number of hydrogen-bond donors (Lipinski definition) is 1. The fourth-order valence-electron chi connectivity index (χ4n) is 1.73. The summed E-state index contributed by atoms with van der Waals surface area (Å²) in [4.78, 5) is 0. The average Bonchev–Trinajstić information content (AvgIpc) is 2.26. The van der Waals surface area contributed by atoms with Crippen LogP contribution < -0.4 is 5.32 Å². The van der Waals surface area contributed by atoms with Gasteiger partial charge in [0.25, 0.3) is 0 Å². The molecule has 0 aliphatic rings. The topological polar surface area (TPSA) is 35.8 Å². The fourth-order valence-corrected chi connectivity index (χ4v) is 1.73. The Hall–Kier alpha value is -1.59. The standard InChI is InChI=1S/C14H18N2/c1-11-8-13(10-15)9-12(2)14(11)6-4-5-7-16-3/h4,6,8-9,16H,5,7H2,1-3H3. The summed E-state index contributed by atoms with van der Waals surface area (Å²) in [6, 6.07) is 6.05. The molecule has 0 saturated heterocycles. The Morgan fingerprint density at radius 3 is 2.44 bits per heavy atom. The monoisotopic (exact) mass is 214 g/mol. The first-order valence-electron chi connectivity index (χ1n) is 5.51. The number of nitriles is 1. The molecule has 0 saturated carbocycles. The molecule has 0 amide bonds. The van der Waals surface area contributed by atoms with Crippen LogP contribution in [0.4, 0.5) is 0 Å². The second-order valence-electron chi connectivity index (χ2n) is 3.93. The van der Waals surface area contributed by atoms with Crippen molar-refractivity contribution in [2.24, 2.45) is 0 Å². The van der Waals surface area contributed by atoms with Crippen LogP contribution in [-0.2, 0) is 0 Å². The van der Waals surface area contributed by atoms with Crippen molar-refractivity contribution in [3.63, 3.8) is 0 Å². The van der Waals surface area contributed by atoms with Gasteiger partial charge in [0.1, 0.15) is 0 Å². The highest BCUT2D eigenvalue weighted by molar-refractivity contribution is 5.59. The molecule has 1 rings (SSSR count). The predicted octanol–water partition coefficient (Wildman–Crippen LogP) is 2.80. The van der Waals surface area contributed by atoms with E-state index in [1.54, 1.807) is 0 Å². The van der Waals surface area contributed by atoms with Crippen molar-refractivity contribution in [1.82, 2.24) is 5.32 Å². The van der Waals surface area contributed by atoms with Gasteiger partial charge in [0.15, 0.2) is 0 Å². The molecule has 2 heteroatoms. The molecule has 0 atom stereocenters. The highest BCUT2D eigenvalue weighted by Crippen LogP contribution is 2.18. The Kier molecular flexibility index (Phi) is 4.75. The second kappa shape index (κ2) is 6.09. The Bertz CT molecular complexity index is 402. The molecule has 0 radical (unpaired) electrons. The SMILES string of the molecule is CNCCC=Cc1c(C)cc(C#N)cc1C. The van der Waals surface area contributed by atoms with Crippen LogP contribution in [0.5, 0.6) is 0 Å². The van der Waals surface area contributed by atoms with Gasteiger partial charge in [0, 0.05) is 0 Å². The van der Waals surface area contributed by atoms with E-state index in [0.29, 0.717) is 0 Å². The minimum atomic E-state index is 0.738. The molecule has 1 aromatic carbocycles. The molecule has 0 fully saturated rings. The molecule has 2 nitrogen and oxygen atoms in total. The zero-order chi connectivity index (χ0) is 12.0. The summed E-state index contributed by atoms with van der Waals surface area (Å²) in [5, 5.41) is 12.0. The van der Waals surface area contributed by atoms with E-state index < -0.39 is 0 Å². The third-order valence-electron chi connectivity index (χ3n) is 2.57. The molecule has 16 heavy (non-hydrogen) atoms. The number of benzene rings is 1. The summed E-state index contributed by atoms with van der Waals surface area (Å²) in [6.45, 7) is 5.09. The molecule has 0 aliphatic carbocycles. The molecule has 0 aromatic heterocycles. The number of rotatable bonds is 4. The lowest BCUT2D eigenvalue weighted by atomic mass is 9.99. The molecule has 1 aromatic rings. The fraction of sp³-hybridized carbons (Fsp3) is 0.357. The predicted molar refractivity (Wildman–Crippen MR) is 68.2 cm³/mol. The maximum Gasteiger partial charge on any atom is 0.0991 e. The van der Waals surface area contributed by atoms with E-state index in [0.717, 1.165) is 29.7 Å². The van der Waals surface area contributed by atoms with E-state index >= 15 is 0 Å². The second-order valence-corrected chi connectivity index (χ2v) is 3.93. The van der Waals surface area contributed by atoms with Gasteiger partial charge in [-0.15, -0.1) is 0 Å². The lowest BCUT2D eigenvalue weighted by molar-refractivity contribution is 0.809. The van der Waals surface area contributed by atoms with E-state index in [9.17, 15) is 0 Å². The van der Waals surface area contributed by atoms with Crippen LogP contribution in [0.3, 0.4) is 0 Å². The van der Waals surface area contributed by atoms with Gasteiger partial charge in [-0.05, 0) is 62.7 Å². The Morgan fingerprint density at radius 1 is 1.31 bits per heavy atom. The summed E-state index contributed by atoms with van der Waals surface area (Å²) < 4.78 is 0. The normalized spacial score (nSPS) is 10.6. The summed E-state index contributed by atoms with van der Waals surface area (Å²) in [7, 11) is 1.95. The molecule has 0 bridgehead atoms. The van der Waals surface area contributed by atoms with Crippen LogP contribution in [0.1, 0.15) is 28.7 Å². The largest absolute Gasteiger partial charge is 0.319 e. The van der Waals surface area contributed by atoms with E-state index in [4.69, 9.17) is 5.26 Å². The average molecular weight is 214 g/mol. The zero-order valence-electron chi connectivity index (χ0n) is 10.2. The van der Waals surface area contributed by atoms with Crippen molar-refractivity contribution in [3.05, 3.63) is 40.5 Å². The minimum Gasteiger partial charge on any atom is -0.319 e. The number of nitrogens with zero attached hydrogens (tertiary/aromatic N) is 1. The van der Waals surface area contributed by atoms with E-state index in [1.807, 2.05) is 33.0 Å². The van der Waals surface area contributed by atoms with Gasteiger partial charge in [-0.1, -0.05) is 12.2 Å². The van der Waals surface area contributed by atoms with Crippen molar-refractivity contribution >= 4 is 6.08 Å². The molecule has 1 N–H and O–H groups in total. The molecule has 0 heterocycles. The third kappa shape index (κ3) is 3.22. The maximum absolute atomic E-state index is 8.85. The summed E-state index contributed by atoms with van der Waals surface area (Å²) in [5.41, 5.74) is 4.30. The van der Waals surface area contributed by atoms with Gasteiger partial charge in [0.05, 0.1) is 11.6 Å². The number of aryl methyl sites for hydroxylation is 2. The van der Waals surface area contributed by atoms with Gasteiger partial charge in [-0.25, -0.2) is 0 Å². The number of nitrogens with one attached hydrogen (secondary N) is 1. The highest BCUT2D eigenvalue weighted by atomic mass is 14.8. The van der Waals surface area contributed by atoms with E-state index in [1.165, 1.54) is 5.56 Å². The zero-order valence-corrected chi connectivity index (χ0v) is 10.2. The first kappa shape index (κ1) is 12.5. The van der Waals surface area contributed by atoms with Gasteiger partial charge >= 0.3 is 0 Å². The van der Waals surface area contributed by atoms with E-state index in [2.05, 4.69) is 23.5 Å². The molecular weight excluding hydrogens is 196 g/mol. The molecule has 0 unspecified atom stereocenters. The minimum absolute atomic E-state index is 0.738. The smallest absolute Gasteiger partial charge is 0.0991 e. The lowest BCUT2D eigenvalue weighted by Crippen LogP contribution is -2.05. The van der Waals surface area contributed by atoms with Gasteiger partial charge in [-0.3, -0.25) is 0 Å². The Balaban J connectivity index is 2.89. The van der Waals surface area contributed by atoms with Gasteiger partial charge in [0.2, 0.25) is 0 Å². The van der Waals surface area contributed by atoms with Crippen molar-refractivity contribution in [2.75, 3.05) is 13.6 Å². The van der Waals surface area contributed by atoms with Gasteiger partial charge in [-0.2, -0.15) is 5.26 Å². The first-order chi connectivity index (χ1) is 7.69. The summed E-state index contributed by atoms with van der Waals surface area (Å²) >= 11 is 0. The van der Waals surface area contributed by atoms with Crippen molar-refractivity contribution in [3.8, 4) is 6.07 Å². The molecule has 0 aliphatic heterocycles. The molecule has 84 valence electrons. The summed E-state index contributed by atoms with van der Waals surface area (Å²) in [5.74, 6) is 0. The van der Waals surface area contributed by atoms with Crippen molar-refractivity contribution in [2.45, 2.75) is 20.3 Å². The highest BCUT2D eigenvalue weighted by Gasteiger charge is 2.01. The van der Waals surface area contributed by atoms with Crippen LogP contribution in [-0.4, -0.2) is 13.6 Å². The number of hydrogen-bond acceptors (Lipinski definition) is 2. The van der Waals surface area contributed by atoms with Crippen LogP contribution in [0.25, 0.3) is 6.08 Å². The van der Waals surface area contributed by atoms with Crippen molar-refractivity contribution < 1.29 is 0 Å². The Morgan fingerprint density at radius 2 is 1.94 bits per heavy atom. The van der Waals surface area contributed by atoms with Crippen LogP contribution in [0, 0.1) is 25.2 Å². The maximum atomic E-state index is 8.85. The van der Waals surface area contributed by atoms with Crippen molar-refractivity contribution in [1.29, 1.82) is 5.26 Å². The van der Waals surface area contributed by atoms with E-state index in [-0.39, 0.29) is 0 Å². The van der Waals surface area contributed by atoms with Gasteiger partial charge < -0.3 is 5.32 Å². The quantitative estimate of drug-likeness (QED) is 0.782. The third-order valence-corrected chi connectivity index (χ3v) is 2.57.